The predicted octanol–water partition coefficient (Wildman–Crippen LogP) is 2.34. The topological polar surface area (TPSA) is 104 Å². The second kappa shape index (κ2) is 8.28. The Morgan fingerprint density at radius 2 is 1.94 bits per heavy atom. The number of nitrogens with zero attached hydrogens (tertiary/aromatic N) is 2. The summed E-state index contributed by atoms with van der Waals surface area (Å²) in [5, 5.41) is 1.94. The molecule has 1 saturated heterocycles. The number of amides is 1. The van der Waals surface area contributed by atoms with Crippen LogP contribution in [0.4, 0.5) is 5.69 Å². The zero-order valence-electron chi connectivity index (χ0n) is 18.1. The van der Waals surface area contributed by atoms with E-state index < -0.39 is 31.4 Å². The summed E-state index contributed by atoms with van der Waals surface area (Å²) in [5.41, 5.74) is -0.519. The first-order chi connectivity index (χ1) is 14.3. The molecule has 1 amide bonds. The molecule has 0 spiro atoms. The van der Waals surface area contributed by atoms with Gasteiger partial charge in [-0.1, -0.05) is 6.07 Å². The number of carbonyl (C=O) groups is 1. The molecule has 11 heteroatoms. The molecule has 31 heavy (non-hydrogen) atoms. The molecule has 1 unspecified atom stereocenters. The quantitative estimate of drug-likeness (QED) is 0.646. The van der Waals surface area contributed by atoms with E-state index in [0.29, 0.717) is 5.56 Å². The van der Waals surface area contributed by atoms with Crippen molar-refractivity contribution in [2.24, 2.45) is 5.41 Å². The molecule has 1 atom stereocenters. The Hall–Kier alpha value is -1.79. The van der Waals surface area contributed by atoms with Crippen LogP contribution in [0.5, 0.6) is 0 Å². The average Bonchev–Trinajstić information content (AvgIpc) is 3.19. The van der Waals surface area contributed by atoms with Gasteiger partial charge in [0.1, 0.15) is 0 Å². The molecule has 170 valence electrons. The average molecular weight is 486 g/mol. The van der Waals surface area contributed by atoms with Crippen LogP contribution in [0, 0.1) is 12.3 Å². The maximum atomic E-state index is 13.0. The van der Waals surface area contributed by atoms with Gasteiger partial charge in [0.15, 0.2) is 0 Å². The van der Waals surface area contributed by atoms with Gasteiger partial charge in [-0.15, -0.1) is 11.3 Å². The van der Waals surface area contributed by atoms with E-state index in [4.69, 9.17) is 0 Å². The molecule has 1 fully saturated rings. The Morgan fingerprint density at radius 3 is 2.42 bits per heavy atom. The Kier molecular flexibility index (Phi) is 6.38. The molecular formula is C20H27N3O5S3. The summed E-state index contributed by atoms with van der Waals surface area (Å²) in [6.07, 6.45) is 0. The van der Waals surface area contributed by atoms with Crippen LogP contribution in [0.3, 0.4) is 0 Å². The summed E-state index contributed by atoms with van der Waals surface area (Å²) in [7, 11) is -3.88. The summed E-state index contributed by atoms with van der Waals surface area (Å²) in [6.45, 7) is 4.93. The summed E-state index contributed by atoms with van der Waals surface area (Å²) in [4.78, 5) is 15.6. The first-order valence-corrected chi connectivity index (χ1v) is 13.6. The van der Waals surface area contributed by atoms with E-state index in [-0.39, 0.29) is 28.9 Å². The van der Waals surface area contributed by atoms with Gasteiger partial charge in [0.2, 0.25) is 26.0 Å². The maximum absolute atomic E-state index is 13.0. The Bertz CT molecular complexity index is 1190. The third kappa shape index (κ3) is 4.70. The maximum Gasteiger partial charge on any atom is 0.247 e. The number of rotatable bonds is 7. The van der Waals surface area contributed by atoms with E-state index in [1.165, 1.54) is 18.2 Å². The van der Waals surface area contributed by atoms with Gasteiger partial charge in [0.25, 0.3) is 0 Å². The molecule has 8 nitrogen and oxygen atoms in total. The van der Waals surface area contributed by atoms with Crippen LogP contribution in [0.2, 0.25) is 0 Å². The second-order valence-electron chi connectivity index (χ2n) is 8.51. The van der Waals surface area contributed by atoms with Crippen LogP contribution in [-0.2, 0) is 24.8 Å². The smallest absolute Gasteiger partial charge is 0.247 e. The lowest BCUT2D eigenvalue weighted by atomic mass is 9.95. The van der Waals surface area contributed by atoms with Gasteiger partial charge in [0.05, 0.1) is 27.8 Å². The third-order valence-corrected chi connectivity index (χ3v) is 9.81. The van der Waals surface area contributed by atoms with Gasteiger partial charge in [0, 0.05) is 11.4 Å². The zero-order valence-corrected chi connectivity index (χ0v) is 20.6. The van der Waals surface area contributed by atoms with Gasteiger partial charge in [-0.25, -0.2) is 25.9 Å². The number of anilines is 1. The lowest BCUT2D eigenvalue weighted by Gasteiger charge is -2.24. The standard InChI is InChI=1S/C20H27N3O5S3/c1-14-11-15(23-19(24)20(2,3)13-30(23,25)26)8-9-18(14)31(27,28)21-12-16(22(4)5)17-7-6-10-29-17/h6-11,16,21H,12-13H2,1-5H3. The molecule has 1 N–H and O–H groups in total. The number of hydrogen-bond donors (Lipinski definition) is 1. The summed E-state index contributed by atoms with van der Waals surface area (Å²) in [6, 6.07) is 7.89. The van der Waals surface area contributed by atoms with Crippen molar-refractivity contribution in [1.82, 2.24) is 9.62 Å². The molecule has 0 bridgehead atoms. The van der Waals surface area contributed by atoms with Crippen LogP contribution >= 0.6 is 11.3 Å². The summed E-state index contributed by atoms with van der Waals surface area (Å²) >= 11 is 1.55. The van der Waals surface area contributed by atoms with E-state index in [1.807, 2.05) is 36.5 Å². The number of likely N-dealkylation sites (N-methyl/N-ethyl adjacent to an activating group) is 1. The Labute approximate surface area is 188 Å². The highest BCUT2D eigenvalue weighted by molar-refractivity contribution is 7.94. The Morgan fingerprint density at radius 1 is 1.26 bits per heavy atom. The molecule has 1 aliphatic heterocycles. The van der Waals surface area contributed by atoms with Crippen LogP contribution < -0.4 is 9.03 Å². The second-order valence-corrected chi connectivity index (χ2v) is 13.0. The molecule has 1 aromatic heterocycles. The van der Waals surface area contributed by atoms with Crippen LogP contribution in [0.15, 0.2) is 40.6 Å². The number of hydrogen-bond acceptors (Lipinski definition) is 7. The van der Waals surface area contributed by atoms with Crippen molar-refractivity contribution in [3.63, 3.8) is 0 Å². The lowest BCUT2D eigenvalue weighted by Crippen LogP contribution is -2.35. The monoisotopic (exact) mass is 485 g/mol. The van der Waals surface area contributed by atoms with Gasteiger partial charge in [-0.3, -0.25) is 4.79 Å². The van der Waals surface area contributed by atoms with Crippen LogP contribution in [0.25, 0.3) is 0 Å². The molecule has 1 aliphatic rings. The highest BCUT2D eigenvalue weighted by atomic mass is 32.2. The van der Waals surface area contributed by atoms with E-state index >= 15 is 0 Å². The van der Waals surface area contributed by atoms with Gasteiger partial charge in [-0.2, -0.15) is 0 Å². The number of aryl methyl sites for hydroxylation is 1. The zero-order chi connectivity index (χ0) is 23.2. The van der Waals surface area contributed by atoms with Crippen molar-refractivity contribution < 1.29 is 21.6 Å². The normalized spacial score (nSPS) is 19.2. The SMILES string of the molecule is Cc1cc(N2C(=O)C(C)(C)CS2(=O)=O)ccc1S(=O)(=O)NCC(c1cccs1)N(C)C. The first kappa shape index (κ1) is 23.9. The van der Waals surface area contributed by atoms with Gasteiger partial charge in [-0.05, 0) is 70.1 Å². The van der Waals surface area contributed by atoms with E-state index in [0.717, 1.165) is 9.18 Å². The predicted molar refractivity (Wildman–Crippen MR) is 122 cm³/mol. The summed E-state index contributed by atoms with van der Waals surface area (Å²) < 4.78 is 54.3. The van der Waals surface area contributed by atoms with Gasteiger partial charge < -0.3 is 4.90 Å². The summed E-state index contributed by atoms with van der Waals surface area (Å²) in [5.74, 6) is -0.806. The van der Waals surface area contributed by atoms with Crippen molar-refractivity contribution in [2.45, 2.75) is 31.7 Å². The highest BCUT2D eigenvalue weighted by Crippen LogP contribution is 2.36. The van der Waals surface area contributed by atoms with E-state index in [1.54, 1.807) is 32.1 Å². The molecule has 3 rings (SSSR count). The molecule has 0 saturated carbocycles. The molecule has 0 radical (unpaired) electrons. The largest absolute Gasteiger partial charge is 0.300 e. The fourth-order valence-corrected chi connectivity index (χ4v) is 7.89. The van der Waals surface area contributed by atoms with Crippen molar-refractivity contribution in [1.29, 1.82) is 0 Å². The van der Waals surface area contributed by atoms with Crippen molar-refractivity contribution in [3.8, 4) is 0 Å². The molecule has 0 aliphatic carbocycles. The highest BCUT2D eigenvalue weighted by Gasteiger charge is 2.50. The number of thiophene rings is 1. The number of nitrogens with one attached hydrogen (secondary N) is 1. The fraction of sp³-hybridized carbons (Fsp3) is 0.450. The minimum atomic E-state index is -3.84. The molecule has 2 aromatic rings. The lowest BCUT2D eigenvalue weighted by molar-refractivity contribution is -0.123. The number of sulfonamides is 2. The Balaban J connectivity index is 1.86. The molecular weight excluding hydrogens is 458 g/mol. The molecule has 1 aromatic carbocycles. The van der Waals surface area contributed by atoms with Crippen molar-refractivity contribution in [2.75, 3.05) is 30.7 Å². The number of carbonyl (C=O) groups excluding carboxylic acids is 1. The van der Waals surface area contributed by atoms with Crippen LogP contribution in [0.1, 0.15) is 30.3 Å². The van der Waals surface area contributed by atoms with Gasteiger partial charge >= 0.3 is 0 Å². The molecule has 2 heterocycles. The van der Waals surface area contributed by atoms with E-state index in [9.17, 15) is 21.6 Å². The fourth-order valence-electron chi connectivity index (χ4n) is 3.61. The van der Waals surface area contributed by atoms with E-state index in [2.05, 4.69) is 4.72 Å². The van der Waals surface area contributed by atoms with Crippen molar-refractivity contribution >= 4 is 43.0 Å². The minimum Gasteiger partial charge on any atom is -0.300 e. The third-order valence-electron chi connectivity index (χ3n) is 5.23. The van der Waals surface area contributed by atoms with Crippen LogP contribution in [-0.4, -0.2) is 54.0 Å². The number of benzene rings is 1. The minimum absolute atomic E-state index is 0.0447. The van der Waals surface area contributed by atoms with Crippen molar-refractivity contribution in [3.05, 3.63) is 46.2 Å². The first-order valence-electron chi connectivity index (χ1n) is 9.64.